The molecule has 0 aliphatic heterocycles. The van der Waals surface area contributed by atoms with Gasteiger partial charge in [0.25, 0.3) is 0 Å². The molecule has 1 aromatic heterocycles. The minimum atomic E-state index is -4.37. The minimum Gasteiger partial charge on any atom is -0.484 e. The summed E-state index contributed by atoms with van der Waals surface area (Å²) >= 11 is 0. The van der Waals surface area contributed by atoms with E-state index in [1.807, 2.05) is 6.07 Å². The standard InChI is InChI=1S/C20H27F3N4O2.HI/c1-4-15(5-2)18-10-17(29-27-18)12-26-19(24-3)25-11-14-7-6-8-16(9-14)28-13-20(21,22)23;/h6-10,15H,4-5,11-13H2,1-3H3,(H2,24,25,26);1H. The van der Waals surface area contributed by atoms with E-state index in [9.17, 15) is 13.2 Å². The summed E-state index contributed by atoms with van der Waals surface area (Å²) in [6.45, 7) is 3.72. The summed E-state index contributed by atoms with van der Waals surface area (Å²) in [5, 5.41) is 10.4. The molecule has 0 spiro atoms. The number of ether oxygens (including phenoxy) is 1. The van der Waals surface area contributed by atoms with Crippen LogP contribution in [-0.4, -0.2) is 30.9 Å². The SMILES string of the molecule is CCC(CC)c1cc(CNC(=NC)NCc2cccc(OCC(F)(F)F)c2)on1.I. The fraction of sp³-hybridized carbons (Fsp3) is 0.500. The third-order valence-corrected chi connectivity index (χ3v) is 4.40. The van der Waals surface area contributed by atoms with E-state index in [1.54, 1.807) is 25.2 Å². The number of nitrogens with one attached hydrogen (secondary N) is 2. The number of nitrogens with zero attached hydrogens (tertiary/aromatic N) is 2. The zero-order valence-corrected chi connectivity index (χ0v) is 19.6. The molecule has 0 atom stereocenters. The topological polar surface area (TPSA) is 71.7 Å². The van der Waals surface area contributed by atoms with Crippen molar-refractivity contribution in [3.63, 3.8) is 0 Å². The molecular weight excluding hydrogens is 512 g/mol. The third kappa shape index (κ3) is 8.80. The largest absolute Gasteiger partial charge is 0.484 e. The van der Waals surface area contributed by atoms with Gasteiger partial charge in [-0.1, -0.05) is 31.1 Å². The fourth-order valence-electron chi connectivity index (χ4n) is 2.80. The van der Waals surface area contributed by atoms with Crippen molar-refractivity contribution in [2.75, 3.05) is 13.7 Å². The molecule has 1 aromatic carbocycles. The summed E-state index contributed by atoms with van der Waals surface area (Å²) in [4.78, 5) is 4.14. The van der Waals surface area contributed by atoms with Crippen LogP contribution in [0.1, 0.15) is 49.6 Å². The molecule has 1 heterocycles. The maximum Gasteiger partial charge on any atom is 0.422 e. The molecule has 0 radical (unpaired) electrons. The van der Waals surface area contributed by atoms with Crippen LogP contribution in [0, 0.1) is 0 Å². The van der Waals surface area contributed by atoms with E-state index in [0.29, 0.717) is 30.7 Å². The molecule has 0 unspecified atom stereocenters. The average molecular weight is 540 g/mol. The maximum absolute atomic E-state index is 12.3. The first-order valence-corrected chi connectivity index (χ1v) is 9.53. The first-order chi connectivity index (χ1) is 13.8. The van der Waals surface area contributed by atoms with E-state index in [0.717, 1.165) is 24.1 Å². The molecule has 10 heteroatoms. The van der Waals surface area contributed by atoms with Gasteiger partial charge in [0.05, 0.1) is 12.2 Å². The molecule has 168 valence electrons. The minimum absolute atomic E-state index is 0. The fourth-order valence-corrected chi connectivity index (χ4v) is 2.80. The molecule has 6 nitrogen and oxygen atoms in total. The number of aromatic nitrogens is 1. The van der Waals surface area contributed by atoms with Crippen LogP contribution in [0.3, 0.4) is 0 Å². The highest BCUT2D eigenvalue weighted by molar-refractivity contribution is 14.0. The molecule has 30 heavy (non-hydrogen) atoms. The Kier molecular flexibility index (Phi) is 11.0. The summed E-state index contributed by atoms with van der Waals surface area (Å²) in [5.41, 5.74) is 1.72. The quantitative estimate of drug-likeness (QED) is 0.266. The Bertz CT molecular complexity index is 792. The number of alkyl halides is 3. The molecule has 2 aromatic rings. The van der Waals surface area contributed by atoms with Gasteiger partial charge in [-0.05, 0) is 30.5 Å². The zero-order chi connectivity index (χ0) is 21.3. The van der Waals surface area contributed by atoms with Crippen molar-refractivity contribution in [2.24, 2.45) is 4.99 Å². The number of benzene rings is 1. The van der Waals surface area contributed by atoms with Crippen molar-refractivity contribution in [3.8, 4) is 5.75 Å². The van der Waals surface area contributed by atoms with E-state index >= 15 is 0 Å². The Balaban J connectivity index is 0.00000450. The number of aliphatic imine (C=N–C) groups is 1. The van der Waals surface area contributed by atoms with Crippen LogP contribution in [-0.2, 0) is 13.1 Å². The van der Waals surface area contributed by atoms with Gasteiger partial charge in [-0.15, -0.1) is 24.0 Å². The van der Waals surface area contributed by atoms with Gasteiger partial charge >= 0.3 is 6.18 Å². The van der Waals surface area contributed by atoms with E-state index in [4.69, 9.17) is 9.26 Å². The van der Waals surface area contributed by atoms with Gasteiger partial charge in [0.2, 0.25) is 0 Å². The molecule has 0 bridgehead atoms. The molecule has 2 rings (SSSR count). The van der Waals surface area contributed by atoms with Gasteiger partial charge in [-0.3, -0.25) is 4.99 Å². The summed E-state index contributed by atoms with van der Waals surface area (Å²) in [7, 11) is 1.63. The lowest BCUT2D eigenvalue weighted by Gasteiger charge is -2.12. The monoisotopic (exact) mass is 540 g/mol. The van der Waals surface area contributed by atoms with Gasteiger partial charge in [0.15, 0.2) is 18.3 Å². The summed E-state index contributed by atoms with van der Waals surface area (Å²) < 4.78 is 47.0. The van der Waals surface area contributed by atoms with Crippen LogP contribution in [0.25, 0.3) is 0 Å². The molecular formula is C20H28F3IN4O2. The Morgan fingerprint density at radius 2 is 1.87 bits per heavy atom. The van der Waals surface area contributed by atoms with Gasteiger partial charge in [-0.25, -0.2) is 0 Å². The number of guanidine groups is 1. The van der Waals surface area contributed by atoms with Gasteiger partial charge in [-0.2, -0.15) is 13.2 Å². The molecule has 0 amide bonds. The smallest absolute Gasteiger partial charge is 0.422 e. The Hall–Kier alpha value is -1.98. The van der Waals surface area contributed by atoms with Crippen molar-refractivity contribution in [1.82, 2.24) is 15.8 Å². The van der Waals surface area contributed by atoms with Crippen LogP contribution in [0.2, 0.25) is 0 Å². The molecule has 0 saturated carbocycles. The Morgan fingerprint density at radius 1 is 1.17 bits per heavy atom. The van der Waals surface area contributed by atoms with Gasteiger partial charge in [0.1, 0.15) is 5.75 Å². The first kappa shape index (κ1) is 26.1. The van der Waals surface area contributed by atoms with Crippen LogP contribution in [0.15, 0.2) is 39.8 Å². The number of halogens is 4. The Labute approximate surface area is 191 Å². The van der Waals surface area contributed by atoms with Crippen LogP contribution in [0.4, 0.5) is 13.2 Å². The lowest BCUT2D eigenvalue weighted by molar-refractivity contribution is -0.153. The average Bonchev–Trinajstić information content (AvgIpc) is 3.16. The number of hydrogen-bond acceptors (Lipinski definition) is 4. The molecule has 0 aliphatic rings. The molecule has 0 fully saturated rings. The lowest BCUT2D eigenvalue weighted by Crippen LogP contribution is -2.36. The van der Waals surface area contributed by atoms with E-state index in [1.165, 1.54) is 6.07 Å². The van der Waals surface area contributed by atoms with E-state index in [2.05, 4.69) is 34.6 Å². The summed E-state index contributed by atoms with van der Waals surface area (Å²) in [6, 6.07) is 8.43. The van der Waals surface area contributed by atoms with Crippen molar-refractivity contribution in [3.05, 3.63) is 47.3 Å². The highest BCUT2D eigenvalue weighted by Gasteiger charge is 2.28. The first-order valence-electron chi connectivity index (χ1n) is 9.53. The predicted molar refractivity (Wildman–Crippen MR) is 120 cm³/mol. The Morgan fingerprint density at radius 3 is 2.50 bits per heavy atom. The third-order valence-electron chi connectivity index (χ3n) is 4.40. The van der Waals surface area contributed by atoms with Crippen molar-refractivity contribution in [2.45, 2.75) is 51.9 Å². The van der Waals surface area contributed by atoms with Crippen LogP contribution < -0.4 is 15.4 Å². The van der Waals surface area contributed by atoms with Crippen LogP contribution >= 0.6 is 24.0 Å². The molecule has 0 saturated heterocycles. The van der Waals surface area contributed by atoms with Crippen molar-refractivity contribution < 1.29 is 22.4 Å². The lowest BCUT2D eigenvalue weighted by atomic mass is 9.99. The van der Waals surface area contributed by atoms with Crippen molar-refractivity contribution >= 4 is 29.9 Å². The van der Waals surface area contributed by atoms with Crippen molar-refractivity contribution in [1.29, 1.82) is 0 Å². The van der Waals surface area contributed by atoms with Crippen LogP contribution in [0.5, 0.6) is 5.75 Å². The second-order valence-corrected chi connectivity index (χ2v) is 6.56. The van der Waals surface area contributed by atoms with E-state index < -0.39 is 12.8 Å². The second kappa shape index (κ2) is 12.7. The van der Waals surface area contributed by atoms with Gasteiger partial charge in [0, 0.05) is 25.6 Å². The second-order valence-electron chi connectivity index (χ2n) is 6.56. The maximum atomic E-state index is 12.3. The molecule has 2 N–H and O–H groups in total. The summed E-state index contributed by atoms with van der Waals surface area (Å²) in [5.74, 6) is 1.79. The summed E-state index contributed by atoms with van der Waals surface area (Å²) in [6.07, 6.45) is -2.36. The zero-order valence-electron chi connectivity index (χ0n) is 17.3. The van der Waals surface area contributed by atoms with E-state index in [-0.39, 0.29) is 29.7 Å². The van der Waals surface area contributed by atoms with Gasteiger partial charge < -0.3 is 19.9 Å². The molecule has 0 aliphatic carbocycles. The highest BCUT2D eigenvalue weighted by atomic mass is 127. The number of hydrogen-bond donors (Lipinski definition) is 2. The number of rotatable bonds is 9. The highest BCUT2D eigenvalue weighted by Crippen LogP contribution is 2.22. The normalized spacial score (nSPS) is 11.9. The predicted octanol–water partition coefficient (Wildman–Crippen LogP) is 5.00.